The molecule has 0 radical (unpaired) electrons. The Morgan fingerprint density at radius 1 is 1.11 bits per heavy atom. The quantitative estimate of drug-likeness (QED) is 0.821. The van der Waals surface area contributed by atoms with E-state index in [0.29, 0.717) is 11.8 Å². The molecule has 0 saturated heterocycles. The number of benzene rings is 1. The summed E-state index contributed by atoms with van der Waals surface area (Å²) < 4.78 is 37.4. The molecule has 0 saturated carbocycles. The van der Waals surface area contributed by atoms with Gasteiger partial charge in [0, 0.05) is 0 Å². The number of hydrogen-bond acceptors (Lipinski definition) is 1. The van der Waals surface area contributed by atoms with Crippen molar-refractivity contribution in [3.05, 3.63) is 35.4 Å². The van der Waals surface area contributed by atoms with Gasteiger partial charge < -0.3 is 5.32 Å². The highest BCUT2D eigenvalue weighted by Gasteiger charge is 2.30. The topological polar surface area (TPSA) is 12.0 Å². The predicted octanol–water partition coefficient (Wildman–Crippen LogP) is 4.13. The van der Waals surface area contributed by atoms with E-state index >= 15 is 0 Å². The first-order chi connectivity index (χ1) is 8.84. The van der Waals surface area contributed by atoms with Gasteiger partial charge in [0.25, 0.3) is 0 Å². The zero-order valence-electron chi connectivity index (χ0n) is 11.7. The fourth-order valence-electron chi connectivity index (χ4n) is 2.01. The highest BCUT2D eigenvalue weighted by atomic mass is 19.4. The van der Waals surface area contributed by atoms with Gasteiger partial charge in [0.05, 0.1) is 5.56 Å². The van der Waals surface area contributed by atoms with E-state index in [1.807, 2.05) is 0 Å². The van der Waals surface area contributed by atoms with E-state index in [1.54, 1.807) is 12.1 Å². The lowest BCUT2D eigenvalue weighted by atomic mass is 9.89. The molecule has 1 unspecified atom stereocenters. The van der Waals surface area contributed by atoms with Crippen LogP contribution in [0.15, 0.2) is 24.3 Å². The molecular formula is C15H22F3N. The van der Waals surface area contributed by atoms with E-state index < -0.39 is 11.7 Å². The summed E-state index contributed by atoms with van der Waals surface area (Å²) in [6, 6.07) is 5.51. The SMILES string of the molecule is CCNCC(Cc1ccc(C(F)(F)F)cc1)C(C)C. The Hall–Kier alpha value is -1.03. The van der Waals surface area contributed by atoms with E-state index in [2.05, 4.69) is 26.1 Å². The Morgan fingerprint density at radius 3 is 2.11 bits per heavy atom. The van der Waals surface area contributed by atoms with Crippen LogP contribution in [0.5, 0.6) is 0 Å². The van der Waals surface area contributed by atoms with Crippen LogP contribution in [0.2, 0.25) is 0 Å². The van der Waals surface area contributed by atoms with E-state index in [4.69, 9.17) is 0 Å². The lowest BCUT2D eigenvalue weighted by Crippen LogP contribution is -2.27. The van der Waals surface area contributed by atoms with Gasteiger partial charge in [-0.25, -0.2) is 0 Å². The Labute approximate surface area is 113 Å². The second-order valence-corrected chi connectivity index (χ2v) is 5.21. The lowest BCUT2D eigenvalue weighted by molar-refractivity contribution is -0.137. The lowest BCUT2D eigenvalue weighted by Gasteiger charge is -2.21. The van der Waals surface area contributed by atoms with Crippen molar-refractivity contribution in [3.63, 3.8) is 0 Å². The van der Waals surface area contributed by atoms with E-state index in [9.17, 15) is 13.2 Å². The largest absolute Gasteiger partial charge is 0.416 e. The molecule has 0 fully saturated rings. The summed E-state index contributed by atoms with van der Waals surface area (Å²) in [5, 5.41) is 3.31. The number of hydrogen-bond donors (Lipinski definition) is 1. The van der Waals surface area contributed by atoms with E-state index in [-0.39, 0.29) is 0 Å². The first-order valence-electron chi connectivity index (χ1n) is 6.71. The minimum absolute atomic E-state index is 0.441. The molecule has 0 aliphatic rings. The molecular weight excluding hydrogens is 251 g/mol. The minimum Gasteiger partial charge on any atom is -0.317 e. The van der Waals surface area contributed by atoms with Gasteiger partial charge in [-0.05, 0) is 49.0 Å². The van der Waals surface area contributed by atoms with Crippen LogP contribution in [-0.4, -0.2) is 13.1 Å². The van der Waals surface area contributed by atoms with Crippen LogP contribution in [0.4, 0.5) is 13.2 Å². The molecule has 0 aromatic heterocycles. The molecule has 1 atom stereocenters. The van der Waals surface area contributed by atoms with Crippen LogP contribution < -0.4 is 5.32 Å². The normalized spacial score (nSPS) is 13.8. The molecule has 0 aliphatic heterocycles. The van der Waals surface area contributed by atoms with Crippen molar-refractivity contribution in [3.8, 4) is 0 Å². The fourth-order valence-corrected chi connectivity index (χ4v) is 2.01. The molecule has 1 aromatic carbocycles. The monoisotopic (exact) mass is 273 g/mol. The smallest absolute Gasteiger partial charge is 0.317 e. The molecule has 19 heavy (non-hydrogen) atoms. The summed E-state index contributed by atoms with van der Waals surface area (Å²) >= 11 is 0. The maximum Gasteiger partial charge on any atom is 0.416 e. The maximum atomic E-state index is 12.5. The van der Waals surface area contributed by atoms with Crippen molar-refractivity contribution in [2.24, 2.45) is 11.8 Å². The Kier molecular flexibility index (Phi) is 5.85. The van der Waals surface area contributed by atoms with Crippen molar-refractivity contribution < 1.29 is 13.2 Å². The van der Waals surface area contributed by atoms with E-state index in [0.717, 1.165) is 25.1 Å². The average molecular weight is 273 g/mol. The maximum absolute atomic E-state index is 12.5. The van der Waals surface area contributed by atoms with Gasteiger partial charge in [-0.2, -0.15) is 13.2 Å². The van der Waals surface area contributed by atoms with Crippen molar-refractivity contribution in [2.45, 2.75) is 33.4 Å². The second-order valence-electron chi connectivity index (χ2n) is 5.21. The zero-order chi connectivity index (χ0) is 14.5. The van der Waals surface area contributed by atoms with Crippen molar-refractivity contribution in [2.75, 3.05) is 13.1 Å². The van der Waals surface area contributed by atoms with Gasteiger partial charge in [-0.1, -0.05) is 32.9 Å². The molecule has 1 nitrogen and oxygen atoms in total. The summed E-state index contributed by atoms with van der Waals surface area (Å²) in [5.74, 6) is 0.943. The van der Waals surface area contributed by atoms with Crippen LogP contribution in [-0.2, 0) is 12.6 Å². The summed E-state index contributed by atoms with van der Waals surface area (Å²) in [6.07, 6.45) is -3.44. The molecule has 0 spiro atoms. The van der Waals surface area contributed by atoms with Crippen molar-refractivity contribution in [1.82, 2.24) is 5.32 Å². The standard InChI is InChI=1S/C15H22F3N/c1-4-19-10-13(11(2)3)9-12-5-7-14(8-6-12)15(16,17)18/h5-8,11,13,19H,4,9-10H2,1-3H3. The molecule has 0 bridgehead atoms. The molecule has 4 heteroatoms. The Morgan fingerprint density at radius 2 is 1.68 bits per heavy atom. The number of rotatable bonds is 6. The highest BCUT2D eigenvalue weighted by Crippen LogP contribution is 2.29. The van der Waals surface area contributed by atoms with Gasteiger partial charge in [0.1, 0.15) is 0 Å². The highest BCUT2D eigenvalue weighted by molar-refractivity contribution is 5.25. The number of halogens is 3. The summed E-state index contributed by atoms with van der Waals surface area (Å²) in [6.45, 7) is 8.15. The van der Waals surface area contributed by atoms with Crippen LogP contribution in [0, 0.1) is 11.8 Å². The summed E-state index contributed by atoms with van der Waals surface area (Å²) in [5.41, 5.74) is 0.383. The third-order valence-corrected chi connectivity index (χ3v) is 3.38. The van der Waals surface area contributed by atoms with Crippen LogP contribution in [0.1, 0.15) is 31.9 Å². The van der Waals surface area contributed by atoms with Gasteiger partial charge in [0.15, 0.2) is 0 Å². The van der Waals surface area contributed by atoms with Crippen LogP contribution in [0.25, 0.3) is 0 Å². The van der Waals surface area contributed by atoms with Crippen molar-refractivity contribution in [1.29, 1.82) is 0 Å². The molecule has 0 heterocycles. The predicted molar refractivity (Wildman–Crippen MR) is 72.0 cm³/mol. The Balaban J connectivity index is 2.69. The molecule has 1 aromatic rings. The summed E-state index contributed by atoms with van der Waals surface area (Å²) in [7, 11) is 0. The van der Waals surface area contributed by atoms with Gasteiger partial charge in [-0.3, -0.25) is 0 Å². The van der Waals surface area contributed by atoms with Crippen LogP contribution >= 0.6 is 0 Å². The van der Waals surface area contributed by atoms with Crippen molar-refractivity contribution >= 4 is 0 Å². The number of nitrogens with one attached hydrogen (secondary N) is 1. The first-order valence-corrected chi connectivity index (χ1v) is 6.71. The molecule has 1 N–H and O–H groups in total. The van der Waals surface area contributed by atoms with Gasteiger partial charge >= 0.3 is 6.18 Å². The van der Waals surface area contributed by atoms with Crippen LogP contribution in [0.3, 0.4) is 0 Å². The fraction of sp³-hybridized carbons (Fsp3) is 0.600. The molecule has 0 amide bonds. The third-order valence-electron chi connectivity index (χ3n) is 3.38. The Bertz CT molecular complexity index is 368. The third kappa shape index (κ3) is 5.23. The van der Waals surface area contributed by atoms with Gasteiger partial charge in [0.2, 0.25) is 0 Å². The average Bonchev–Trinajstić information content (AvgIpc) is 2.33. The van der Waals surface area contributed by atoms with E-state index in [1.165, 1.54) is 12.1 Å². The minimum atomic E-state index is -4.25. The second kappa shape index (κ2) is 6.94. The first kappa shape index (κ1) is 16.0. The molecule has 0 aliphatic carbocycles. The molecule has 1 rings (SSSR count). The molecule has 108 valence electrons. The summed E-state index contributed by atoms with van der Waals surface area (Å²) in [4.78, 5) is 0. The zero-order valence-corrected chi connectivity index (χ0v) is 11.7. The van der Waals surface area contributed by atoms with Gasteiger partial charge in [-0.15, -0.1) is 0 Å². The number of alkyl halides is 3.